The average Bonchev–Trinajstić information content (AvgIpc) is 2.54. The molecule has 4 nitrogen and oxygen atoms in total. The van der Waals surface area contributed by atoms with Gasteiger partial charge in [-0.1, -0.05) is 0 Å². The predicted molar refractivity (Wildman–Crippen MR) is 63.3 cm³/mol. The molecule has 0 aromatic carbocycles. The number of imidazole rings is 1. The van der Waals surface area contributed by atoms with Crippen LogP contribution < -0.4 is 5.73 Å². The van der Waals surface area contributed by atoms with Crippen LogP contribution in [0.1, 0.15) is 30.0 Å². The van der Waals surface area contributed by atoms with Gasteiger partial charge < -0.3 is 15.2 Å². The third-order valence-electron chi connectivity index (χ3n) is 2.84. The predicted octanol–water partition coefficient (Wildman–Crippen LogP) is 1.33. The Morgan fingerprint density at radius 3 is 2.75 bits per heavy atom. The van der Waals surface area contributed by atoms with Crippen LogP contribution in [0.3, 0.4) is 0 Å². The highest BCUT2D eigenvalue weighted by atomic mass is 16.3. The molecule has 0 aliphatic rings. The van der Waals surface area contributed by atoms with Crippen LogP contribution in [0, 0.1) is 13.8 Å². The first-order chi connectivity index (χ1) is 7.50. The molecule has 0 aliphatic carbocycles. The zero-order chi connectivity index (χ0) is 11.9. The Hall–Kier alpha value is -1.39. The van der Waals surface area contributed by atoms with Gasteiger partial charge in [0.05, 0.1) is 5.69 Å². The van der Waals surface area contributed by atoms with Crippen LogP contribution in [0.25, 0.3) is 5.65 Å². The quantitative estimate of drug-likeness (QED) is 0.801. The molecule has 0 amide bonds. The Labute approximate surface area is 94.7 Å². The SMILES string of the molecule is Cc1ccn2c(C)c(C(O)C(C)N)nc2c1. The minimum Gasteiger partial charge on any atom is -0.385 e. The maximum absolute atomic E-state index is 9.95. The molecular weight excluding hydrogens is 202 g/mol. The zero-order valence-electron chi connectivity index (χ0n) is 9.81. The molecule has 0 bridgehead atoms. The second-order valence-corrected chi connectivity index (χ2v) is 4.32. The molecule has 0 saturated heterocycles. The van der Waals surface area contributed by atoms with E-state index in [4.69, 9.17) is 5.73 Å². The van der Waals surface area contributed by atoms with E-state index in [0.29, 0.717) is 5.69 Å². The van der Waals surface area contributed by atoms with Gasteiger partial charge in [0.2, 0.25) is 0 Å². The molecule has 0 fully saturated rings. The van der Waals surface area contributed by atoms with E-state index in [1.165, 1.54) is 0 Å². The van der Waals surface area contributed by atoms with Crippen molar-refractivity contribution in [3.05, 3.63) is 35.3 Å². The van der Waals surface area contributed by atoms with Gasteiger partial charge in [0, 0.05) is 17.9 Å². The van der Waals surface area contributed by atoms with Gasteiger partial charge in [0.25, 0.3) is 0 Å². The third kappa shape index (κ3) is 1.70. The third-order valence-corrected chi connectivity index (χ3v) is 2.84. The smallest absolute Gasteiger partial charge is 0.137 e. The highest BCUT2D eigenvalue weighted by Crippen LogP contribution is 2.21. The van der Waals surface area contributed by atoms with Crippen molar-refractivity contribution in [2.75, 3.05) is 0 Å². The lowest BCUT2D eigenvalue weighted by Gasteiger charge is -2.12. The fraction of sp³-hybridized carbons (Fsp3) is 0.417. The van der Waals surface area contributed by atoms with Crippen molar-refractivity contribution in [1.29, 1.82) is 0 Å². The second-order valence-electron chi connectivity index (χ2n) is 4.32. The van der Waals surface area contributed by atoms with E-state index in [0.717, 1.165) is 16.9 Å². The van der Waals surface area contributed by atoms with Gasteiger partial charge in [-0.3, -0.25) is 0 Å². The molecule has 0 radical (unpaired) electrons. The lowest BCUT2D eigenvalue weighted by Crippen LogP contribution is -2.25. The first-order valence-corrected chi connectivity index (χ1v) is 5.39. The van der Waals surface area contributed by atoms with Gasteiger partial charge in [0.15, 0.2) is 0 Å². The van der Waals surface area contributed by atoms with E-state index in [-0.39, 0.29) is 6.04 Å². The van der Waals surface area contributed by atoms with Crippen LogP contribution >= 0.6 is 0 Å². The van der Waals surface area contributed by atoms with E-state index in [1.807, 2.05) is 36.6 Å². The Morgan fingerprint density at radius 2 is 2.12 bits per heavy atom. The van der Waals surface area contributed by atoms with Crippen LogP contribution in [0.5, 0.6) is 0 Å². The molecule has 2 aromatic rings. The molecule has 0 saturated carbocycles. The minimum atomic E-state index is -0.708. The van der Waals surface area contributed by atoms with Crippen molar-refractivity contribution in [3.8, 4) is 0 Å². The van der Waals surface area contributed by atoms with Gasteiger partial charge in [0.1, 0.15) is 11.8 Å². The molecule has 0 spiro atoms. The zero-order valence-corrected chi connectivity index (χ0v) is 9.81. The Balaban J connectivity index is 2.60. The van der Waals surface area contributed by atoms with Crippen molar-refractivity contribution < 1.29 is 5.11 Å². The Bertz CT molecular complexity index is 516. The number of hydrogen-bond acceptors (Lipinski definition) is 3. The summed E-state index contributed by atoms with van der Waals surface area (Å²) in [4.78, 5) is 4.43. The van der Waals surface area contributed by atoms with Crippen molar-refractivity contribution in [1.82, 2.24) is 9.38 Å². The van der Waals surface area contributed by atoms with Crippen LogP contribution in [0.2, 0.25) is 0 Å². The summed E-state index contributed by atoms with van der Waals surface area (Å²) in [6, 6.07) is 3.69. The second kappa shape index (κ2) is 3.88. The maximum atomic E-state index is 9.95. The molecule has 2 rings (SSSR count). The first-order valence-electron chi connectivity index (χ1n) is 5.39. The van der Waals surface area contributed by atoms with Gasteiger partial charge in [-0.05, 0) is 38.5 Å². The number of rotatable bonds is 2. The molecule has 2 aromatic heterocycles. The summed E-state index contributed by atoms with van der Waals surface area (Å²) in [6.45, 7) is 5.74. The number of aromatic nitrogens is 2. The summed E-state index contributed by atoms with van der Waals surface area (Å²) in [5.74, 6) is 0. The van der Waals surface area contributed by atoms with Crippen LogP contribution in [0.15, 0.2) is 18.3 Å². The summed E-state index contributed by atoms with van der Waals surface area (Å²) in [6.07, 6.45) is 1.25. The summed E-state index contributed by atoms with van der Waals surface area (Å²) in [5, 5.41) is 9.95. The summed E-state index contributed by atoms with van der Waals surface area (Å²) in [5.41, 5.74) is 9.31. The molecule has 86 valence electrons. The highest BCUT2D eigenvalue weighted by Gasteiger charge is 2.19. The number of aliphatic hydroxyl groups excluding tert-OH is 1. The molecule has 3 N–H and O–H groups in total. The molecule has 0 aliphatic heterocycles. The molecule has 2 unspecified atom stereocenters. The van der Waals surface area contributed by atoms with Crippen LogP contribution in [-0.2, 0) is 0 Å². The summed E-state index contributed by atoms with van der Waals surface area (Å²) < 4.78 is 1.97. The van der Waals surface area contributed by atoms with E-state index in [2.05, 4.69) is 4.98 Å². The molecule has 4 heteroatoms. The number of fused-ring (bicyclic) bond motifs is 1. The molecular formula is C12H17N3O. The normalized spacial score (nSPS) is 15.3. The van der Waals surface area contributed by atoms with Crippen molar-refractivity contribution >= 4 is 5.65 Å². The fourth-order valence-corrected chi connectivity index (χ4v) is 1.82. The summed E-state index contributed by atoms with van der Waals surface area (Å²) >= 11 is 0. The average molecular weight is 219 g/mol. The number of pyridine rings is 1. The van der Waals surface area contributed by atoms with E-state index in [9.17, 15) is 5.11 Å². The van der Waals surface area contributed by atoms with Crippen molar-refractivity contribution in [2.45, 2.75) is 32.9 Å². The number of aryl methyl sites for hydroxylation is 2. The number of hydrogen-bond donors (Lipinski definition) is 2. The highest BCUT2D eigenvalue weighted by molar-refractivity contribution is 5.45. The van der Waals surface area contributed by atoms with Gasteiger partial charge in [-0.15, -0.1) is 0 Å². The van der Waals surface area contributed by atoms with Gasteiger partial charge in [-0.25, -0.2) is 4.98 Å². The lowest BCUT2D eigenvalue weighted by molar-refractivity contribution is 0.148. The standard InChI is InChI=1S/C12H17N3O/c1-7-4-5-15-9(3)11(12(16)8(2)13)14-10(15)6-7/h4-6,8,12,16H,13H2,1-3H3. The maximum Gasteiger partial charge on any atom is 0.137 e. The van der Waals surface area contributed by atoms with E-state index < -0.39 is 6.10 Å². The van der Waals surface area contributed by atoms with Crippen molar-refractivity contribution in [2.24, 2.45) is 5.73 Å². The first kappa shape index (κ1) is 11.1. The van der Waals surface area contributed by atoms with Crippen molar-refractivity contribution in [3.63, 3.8) is 0 Å². The van der Waals surface area contributed by atoms with Gasteiger partial charge >= 0.3 is 0 Å². The summed E-state index contributed by atoms with van der Waals surface area (Å²) in [7, 11) is 0. The monoisotopic (exact) mass is 219 g/mol. The topological polar surface area (TPSA) is 63.5 Å². The molecule has 2 atom stereocenters. The van der Waals surface area contributed by atoms with Gasteiger partial charge in [-0.2, -0.15) is 0 Å². The number of aliphatic hydroxyl groups is 1. The van der Waals surface area contributed by atoms with Crippen LogP contribution in [0.4, 0.5) is 0 Å². The van der Waals surface area contributed by atoms with Crippen LogP contribution in [-0.4, -0.2) is 20.5 Å². The molecule has 2 heterocycles. The fourth-order valence-electron chi connectivity index (χ4n) is 1.82. The van der Waals surface area contributed by atoms with E-state index >= 15 is 0 Å². The number of nitrogens with two attached hydrogens (primary N) is 1. The molecule has 16 heavy (non-hydrogen) atoms. The minimum absolute atomic E-state index is 0.315. The number of nitrogens with zero attached hydrogens (tertiary/aromatic N) is 2. The Morgan fingerprint density at radius 1 is 1.44 bits per heavy atom. The van der Waals surface area contributed by atoms with E-state index in [1.54, 1.807) is 6.92 Å². The Kier molecular flexibility index (Phi) is 2.69. The largest absolute Gasteiger partial charge is 0.385 e. The lowest BCUT2D eigenvalue weighted by atomic mass is 10.1.